The lowest BCUT2D eigenvalue weighted by molar-refractivity contribution is 0.101. The van der Waals surface area contributed by atoms with Gasteiger partial charge in [0.25, 0.3) is 5.91 Å². The Balaban J connectivity index is 1.33. The minimum absolute atomic E-state index is 0.191. The predicted molar refractivity (Wildman–Crippen MR) is 117 cm³/mol. The van der Waals surface area contributed by atoms with Crippen LogP contribution in [0.2, 0.25) is 0 Å². The summed E-state index contributed by atoms with van der Waals surface area (Å²) in [6.45, 7) is 0. The number of hydrogen-bond acceptors (Lipinski definition) is 7. The van der Waals surface area contributed by atoms with Crippen LogP contribution in [0.15, 0.2) is 94.2 Å². The Morgan fingerprint density at radius 1 is 0.844 bits per heavy atom. The van der Waals surface area contributed by atoms with Crippen LogP contribution in [-0.2, 0) is 6.42 Å². The zero-order valence-electron chi connectivity index (χ0n) is 16.8. The lowest BCUT2D eigenvalue weighted by Crippen LogP contribution is -2.13. The second-order valence-electron chi connectivity index (χ2n) is 6.98. The van der Waals surface area contributed by atoms with Gasteiger partial charge in [0.15, 0.2) is 11.5 Å². The molecule has 0 spiro atoms. The topological polar surface area (TPSA) is 107 Å². The van der Waals surface area contributed by atoms with E-state index in [0.29, 0.717) is 29.6 Å². The van der Waals surface area contributed by atoms with Gasteiger partial charge in [-0.05, 0) is 23.8 Å². The van der Waals surface area contributed by atoms with Crippen LogP contribution in [0.4, 0.5) is 5.69 Å². The number of amides is 1. The summed E-state index contributed by atoms with van der Waals surface area (Å²) in [4.78, 5) is 21.2. The lowest BCUT2D eigenvalue weighted by atomic mass is 10.1. The Hall–Kier alpha value is -4.59. The summed E-state index contributed by atoms with van der Waals surface area (Å²) < 4.78 is 10.7. The highest BCUT2D eigenvalue weighted by Gasteiger charge is 2.17. The van der Waals surface area contributed by atoms with Gasteiger partial charge in [-0.15, -0.1) is 0 Å². The number of para-hydroxylation sites is 1. The first-order valence-electron chi connectivity index (χ1n) is 9.90. The first-order chi connectivity index (χ1) is 15.8. The number of carbonyl (C=O) groups is 1. The van der Waals surface area contributed by atoms with Crippen LogP contribution >= 0.6 is 0 Å². The molecule has 8 nitrogen and oxygen atoms in total. The maximum absolute atomic E-state index is 12.8. The zero-order chi connectivity index (χ0) is 21.8. The molecule has 3 aromatic heterocycles. The Morgan fingerprint density at radius 2 is 1.62 bits per heavy atom. The number of anilines is 1. The van der Waals surface area contributed by atoms with Crippen molar-refractivity contribution in [1.82, 2.24) is 20.3 Å². The molecule has 5 aromatic rings. The van der Waals surface area contributed by atoms with E-state index < -0.39 is 0 Å². The molecule has 0 aliphatic heterocycles. The van der Waals surface area contributed by atoms with Crippen molar-refractivity contribution in [2.45, 2.75) is 6.42 Å². The molecule has 0 aliphatic rings. The van der Waals surface area contributed by atoms with Crippen molar-refractivity contribution in [3.8, 4) is 22.7 Å². The Labute approximate surface area is 182 Å². The van der Waals surface area contributed by atoms with Gasteiger partial charge < -0.3 is 14.4 Å². The third kappa shape index (κ3) is 4.15. The molecule has 0 atom stereocenters. The number of rotatable bonds is 6. The normalized spacial score (nSPS) is 10.8. The smallest absolute Gasteiger partial charge is 0.277 e. The third-order valence-electron chi connectivity index (χ3n) is 4.81. The molecule has 156 valence electrons. The molecular formula is C24H17N5O3. The molecule has 0 bridgehead atoms. The molecule has 0 aliphatic carbocycles. The largest absolute Gasteiger partial charge is 0.355 e. The van der Waals surface area contributed by atoms with Crippen molar-refractivity contribution >= 4 is 11.6 Å². The monoisotopic (exact) mass is 423 g/mol. The number of carbonyl (C=O) groups excluding carboxylic acids is 1. The number of aromatic nitrogens is 4. The Kier molecular flexibility index (Phi) is 5.24. The van der Waals surface area contributed by atoms with Crippen LogP contribution in [0.1, 0.15) is 21.9 Å². The SMILES string of the molecule is O=C(Nc1ccccc1Cc1nc(-c2ccncc2)no1)c1cc(-c2ccccc2)on1. The van der Waals surface area contributed by atoms with E-state index in [2.05, 4.69) is 25.6 Å². The van der Waals surface area contributed by atoms with E-state index in [4.69, 9.17) is 9.05 Å². The van der Waals surface area contributed by atoms with E-state index in [1.807, 2.05) is 66.7 Å². The number of nitrogens with one attached hydrogen (secondary N) is 1. The number of pyridine rings is 1. The van der Waals surface area contributed by atoms with Crippen LogP contribution < -0.4 is 5.32 Å². The molecule has 0 unspecified atom stereocenters. The average Bonchev–Trinajstić information content (AvgIpc) is 3.52. The van der Waals surface area contributed by atoms with E-state index in [-0.39, 0.29) is 11.6 Å². The van der Waals surface area contributed by atoms with Gasteiger partial charge in [-0.1, -0.05) is 58.8 Å². The van der Waals surface area contributed by atoms with Gasteiger partial charge in [0, 0.05) is 35.3 Å². The van der Waals surface area contributed by atoms with Gasteiger partial charge in [-0.2, -0.15) is 4.98 Å². The molecule has 3 heterocycles. The third-order valence-corrected chi connectivity index (χ3v) is 4.81. The number of benzene rings is 2. The fourth-order valence-electron chi connectivity index (χ4n) is 3.21. The standard InChI is InChI=1S/C24H17N5O3/c30-24(20-15-21(31-28-20)16-6-2-1-3-7-16)26-19-9-5-4-8-18(19)14-22-27-23(29-32-22)17-10-12-25-13-11-17/h1-13,15H,14H2,(H,26,30). The minimum Gasteiger partial charge on any atom is -0.355 e. The molecule has 0 radical (unpaired) electrons. The van der Waals surface area contributed by atoms with E-state index in [9.17, 15) is 4.79 Å². The van der Waals surface area contributed by atoms with Gasteiger partial charge in [-0.3, -0.25) is 9.78 Å². The first-order valence-corrected chi connectivity index (χ1v) is 9.90. The van der Waals surface area contributed by atoms with Crippen LogP contribution in [0, 0.1) is 0 Å². The van der Waals surface area contributed by atoms with Crippen molar-refractivity contribution < 1.29 is 13.8 Å². The van der Waals surface area contributed by atoms with E-state index in [1.54, 1.807) is 18.5 Å². The van der Waals surface area contributed by atoms with Crippen LogP contribution in [0.25, 0.3) is 22.7 Å². The molecule has 1 N–H and O–H groups in total. The van der Waals surface area contributed by atoms with Crippen molar-refractivity contribution in [3.05, 3.63) is 102 Å². The molecule has 0 saturated carbocycles. The van der Waals surface area contributed by atoms with E-state index in [0.717, 1.165) is 16.7 Å². The molecule has 2 aromatic carbocycles. The highest BCUT2D eigenvalue weighted by Crippen LogP contribution is 2.23. The average molecular weight is 423 g/mol. The molecule has 0 saturated heterocycles. The van der Waals surface area contributed by atoms with Gasteiger partial charge in [-0.25, -0.2) is 0 Å². The summed E-state index contributed by atoms with van der Waals surface area (Å²) >= 11 is 0. The predicted octanol–water partition coefficient (Wildman–Crippen LogP) is 4.63. The van der Waals surface area contributed by atoms with Crippen molar-refractivity contribution in [2.24, 2.45) is 0 Å². The number of hydrogen-bond donors (Lipinski definition) is 1. The lowest BCUT2D eigenvalue weighted by Gasteiger charge is -2.08. The quantitative estimate of drug-likeness (QED) is 0.424. The molecule has 5 rings (SSSR count). The summed E-state index contributed by atoms with van der Waals surface area (Å²) in [5.74, 6) is 1.08. The second-order valence-corrected chi connectivity index (χ2v) is 6.98. The van der Waals surface area contributed by atoms with Gasteiger partial charge in [0.2, 0.25) is 11.7 Å². The minimum atomic E-state index is -0.369. The molecule has 8 heteroatoms. The van der Waals surface area contributed by atoms with E-state index in [1.165, 1.54) is 0 Å². The molecular weight excluding hydrogens is 406 g/mol. The van der Waals surface area contributed by atoms with Gasteiger partial charge in [0.05, 0.1) is 6.42 Å². The Bertz CT molecular complexity index is 1350. The van der Waals surface area contributed by atoms with Crippen molar-refractivity contribution in [1.29, 1.82) is 0 Å². The van der Waals surface area contributed by atoms with Crippen molar-refractivity contribution in [2.75, 3.05) is 5.32 Å². The summed E-state index contributed by atoms with van der Waals surface area (Å²) in [5, 5.41) is 10.8. The summed E-state index contributed by atoms with van der Waals surface area (Å²) in [7, 11) is 0. The molecule has 1 amide bonds. The summed E-state index contributed by atoms with van der Waals surface area (Å²) in [6, 6.07) is 22.1. The second kappa shape index (κ2) is 8.65. The highest BCUT2D eigenvalue weighted by atomic mass is 16.5. The fraction of sp³-hybridized carbons (Fsp3) is 0.0417. The maximum Gasteiger partial charge on any atom is 0.277 e. The summed E-state index contributed by atoms with van der Waals surface area (Å²) in [5.41, 5.74) is 3.32. The Morgan fingerprint density at radius 3 is 2.47 bits per heavy atom. The van der Waals surface area contributed by atoms with Gasteiger partial charge in [0.1, 0.15) is 0 Å². The zero-order valence-corrected chi connectivity index (χ0v) is 16.8. The molecule has 32 heavy (non-hydrogen) atoms. The van der Waals surface area contributed by atoms with Crippen molar-refractivity contribution in [3.63, 3.8) is 0 Å². The van der Waals surface area contributed by atoms with E-state index >= 15 is 0 Å². The maximum atomic E-state index is 12.8. The van der Waals surface area contributed by atoms with Crippen LogP contribution in [0.3, 0.4) is 0 Å². The summed E-state index contributed by atoms with van der Waals surface area (Å²) in [6.07, 6.45) is 3.70. The van der Waals surface area contributed by atoms with Gasteiger partial charge >= 0.3 is 0 Å². The van der Waals surface area contributed by atoms with Crippen LogP contribution in [0.5, 0.6) is 0 Å². The fourth-order valence-corrected chi connectivity index (χ4v) is 3.21. The van der Waals surface area contributed by atoms with Crippen LogP contribution in [-0.4, -0.2) is 26.2 Å². The molecule has 0 fully saturated rings. The first kappa shape index (κ1) is 19.4. The number of nitrogens with zero attached hydrogens (tertiary/aromatic N) is 4. The highest BCUT2D eigenvalue weighted by molar-refractivity contribution is 6.03.